The highest BCUT2D eigenvalue weighted by molar-refractivity contribution is 8.03. The molecule has 0 bridgehead atoms. The molecule has 0 aromatic heterocycles. The fourth-order valence-electron chi connectivity index (χ4n) is 1.58. The molecule has 0 rings (SSSR count). The molecule has 20 heavy (non-hydrogen) atoms. The zero-order valence-corrected chi connectivity index (χ0v) is 14.2. The Labute approximate surface area is 125 Å². The van der Waals surface area contributed by atoms with Crippen LogP contribution < -0.4 is 0 Å². The Kier molecular flexibility index (Phi) is 9.66. The lowest BCUT2D eigenvalue weighted by Crippen LogP contribution is -2.36. The summed E-state index contributed by atoms with van der Waals surface area (Å²) in [6, 6.07) is 0. The Hall–Kier alpha value is -0.760. The summed E-state index contributed by atoms with van der Waals surface area (Å²) >= 11 is 0. The van der Waals surface area contributed by atoms with Gasteiger partial charge in [0, 0.05) is 37.7 Å². The van der Waals surface area contributed by atoms with Gasteiger partial charge in [-0.1, -0.05) is 0 Å². The summed E-state index contributed by atoms with van der Waals surface area (Å²) in [5.41, 5.74) is 0. The topological polar surface area (TPSA) is 74.8 Å². The predicted octanol–water partition coefficient (Wildman–Crippen LogP) is 1.41. The first-order valence-corrected chi connectivity index (χ1v) is 9.41. The monoisotopic (exact) mass is 324 g/mol. The standard InChI is InChI=1S/C12H24N2O4S2/c1-5-13(6-2)11(15)19(17)9-10-20(18)12(16)14(7-3)8-4/h5-10H2,1-4H3/t19-,20?/m1/s1. The minimum Gasteiger partial charge on any atom is -0.332 e. The molecule has 6 nitrogen and oxygen atoms in total. The molecule has 2 atom stereocenters. The van der Waals surface area contributed by atoms with Crippen molar-refractivity contribution in [2.45, 2.75) is 27.7 Å². The van der Waals surface area contributed by atoms with Crippen LogP contribution in [-0.4, -0.2) is 66.4 Å². The molecule has 8 heteroatoms. The average Bonchev–Trinajstić information content (AvgIpc) is 2.46. The first-order chi connectivity index (χ1) is 9.42. The van der Waals surface area contributed by atoms with E-state index in [1.807, 2.05) is 0 Å². The fraction of sp³-hybridized carbons (Fsp3) is 0.833. The van der Waals surface area contributed by atoms with Crippen LogP contribution in [-0.2, 0) is 21.6 Å². The van der Waals surface area contributed by atoms with Gasteiger partial charge >= 0.3 is 10.5 Å². The van der Waals surface area contributed by atoms with Crippen molar-refractivity contribution in [2.24, 2.45) is 0 Å². The van der Waals surface area contributed by atoms with E-state index >= 15 is 0 Å². The second-order valence-corrected chi connectivity index (χ2v) is 6.87. The Morgan fingerprint density at radius 2 is 0.950 bits per heavy atom. The Morgan fingerprint density at radius 1 is 0.700 bits per heavy atom. The smallest absolute Gasteiger partial charge is 0.311 e. The van der Waals surface area contributed by atoms with Gasteiger partial charge in [0.05, 0.1) is 0 Å². The molecule has 0 aromatic rings. The highest BCUT2D eigenvalue weighted by atomic mass is 32.2. The maximum Gasteiger partial charge on any atom is 0.311 e. The average molecular weight is 324 g/mol. The van der Waals surface area contributed by atoms with E-state index in [-0.39, 0.29) is 11.5 Å². The van der Waals surface area contributed by atoms with E-state index in [1.54, 1.807) is 27.7 Å². The highest BCUT2D eigenvalue weighted by Crippen LogP contribution is 2.01. The summed E-state index contributed by atoms with van der Waals surface area (Å²) in [5, 5.41) is -0.912. The summed E-state index contributed by atoms with van der Waals surface area (Å²) in [5.74, 6) is -0.0933. The summed E-state index contributed by atoms with van der Waals surface area (Å²) in [7, 11) is -3.45. The van der Waals surface area contributed by atoms with E-state index in [4.69, 9.17) is 0 Å². The molecule has 1 unspecified atom stereocenters. The molecule has 118 valence electrons. The zero-order chi connectivity index (χ0) is 15.7. The van der Waals surface area contributed by atoms with E-state index < -0.39 is 32.1 Å². The molecule has 2 amide bonds. The van der Waals surface area contributed by atoms with Crippen LogP contribution >= 0.6 is 0 Å². The van der Waals surface area contributed by atoms with Gasteiger partial charge in [-0.15, -0.1) is 0 Å². The van der Waals surface area contributed by atoms with Crippen LogP contribution in [0.4, 0.5) is 9.59 Å². The van der Waals surface area contributed by atoms with Crippen molar-refractivity contribution in [3.05, 3.63) is 0 Å². The van der Waals surface area contributed by atoms with Gasteiger partial charge in [-0.2, -0.15) is 0 Å². The van der Waals surface area contributed by atoms with E-state index in [9.17, 15) is 18.0 Å². The minimum absolute atomic E-state index is 0.0467. The third-order valence-electron chi connectivity index (χ3n) is 2.89. The van der Waals surface area contributed by atoms with Gasteiger partial charge in [-0.25, -0.2) is 8.42 Å². The van der Waals surface area contributed by atoms with Crippen LogP contribution in [0.2, 0.25) is 0 Å². The van der Waals surface area contributed by atoms with Crippen LogP contribution in [0.25, 0.3) is 0 Å². The fourth-order valence-corrected chi connectivity index (χ4v) is 4.23. The molecule has 0 saturated carbocycles. The quantitative estimate of drug-likeness (QED) is 0.709. The first-order valence-electron chi connectivity index (χ1n) is 6.77. The molecule has 0 heterocycles. The normalized spacial score (nSPS) is 13.6. The van der Waals surface area contributed by atoms with Crippen LogP contribution in [0.15, 0.2) is 0 Å². The molecule has 0 aliphatic rings. The second kappa shape index (κ2) is 10.0. The van der Waals surface area contributed by atoms with E-state index in [2.05, 4.69) is 0 Å². The van der Waals surface area contributed by atoms with Crippen molar-refractivity contribution in [3.8, 4) is 0 Å². The lowest BCUT2D eigenvalue weighted by Gasteiger charge is -2.18. The molecular weight excluding hydrogens is 300 g/mol. The number of hydrogen-bond acceptors (Lipinski definition) is 4. The van der Waals surface area contributed by atoms with Crippen molar-refractivity contribution >= 4 is 32.1 Å². The van der Waals surface area contributed by atoms with Gasteiger partial charge in [0.1, 0.15) is 21.6 Å². The second-order valence-electron chi connectivity index (χ2n) is 3.98. The van der Waals surface area contributed by atoms with Crippen molar-refractivity contribution in [3.63, 3.8) is 0 Å². The maximum absolute atomic E-state index is 11.8. The summed E-state index contributed by atoms with van der Waals surface area (Å²) < 4.78 is 23.6. The summed E-state index contributed by atoms with van der Waals surface area (Å²) in [6.07, 6.45) is 0. The highest BCUT2D eigenvalue weighted by Gasteiger charge is 2.22. The molecule has 0 spiro atoms. The minimum atomic E-state index is -1.73. The van der Waals surface area contributed by atoms with Crippen molar-refractivity contribution < 1.29 is 18.0 Å². The van der Waals surface area contributed by atoms with Crippen LogP contribution in [0.3, 0.4) is 0 Å². The molecule has 0 saturated heterocycles. The third-order valence-corrected chi connectivity index (χ3v) is 5.59. The lowest BCUT2D eigenvalue weighted by molar-refractivity contribution is 0.226. The van der Waals surface area contributed by atoms with Crippen molar-refractivity contribution in [2.75, 3.05) is 37.7 Å². The molecule has 0 N–H and O–H groups in total. The Bertz CT molecular complexity index is 344. The van der Waals surface area contributed by atoms with Crippen LogP contribution in [0, 0.1) is 0 Å². The Morgan fingerprint density at radius 3 is 1.15 bits per heavy atom. The van der Waals surface area contributed by atoms with E-state index in [1.165, 1.54) is 9.80 Å². The van der Waals surface area contributed by atoms with Gasteiger partial charge in [-0.3, -0.25) is 9.59 Å². The molecule has 0 radical (unpaired) electrons. The van der Waals surface area contributed by atoms with Gasteiger partial charge in [-0.05, 0) is 27.7 Å². The number of nitrogens with zero attached hydrogens (tertiary/aromatic N) is 2. The number of carbonyl (C=O) groups excluding carboxylic acids is 2. The lowest BCUT2D eigenvalue weighted by atomic mass is 10.6. The van der Waals surface area contributed by atoms with Crippen LogP contribution in [0.1, 0.15) is 27.7 Å². The predicted molar refractivity (Wildman–Crippen MR) is 82.7 cm³/mol. The number of carbonyl (C=O) groups is 2. The first kappa shape index (κ1) is 19.2. The Balaban J connectivity index is 4.41. The van der Waals surface area contributed by atoms with Gasteiger partial charge in [0.15, 0.2) is 0 Å². The van der Waals surface area contributed by atoms with E-state index in [0.717, 1.165) is 0 Å². The van der Waals surface area contributed by atoms with Crippen molar-refractivity contribution in [1.82, 2.24) is 9.80 Å². The number of rotatable bonds is 7. The largest absolute Gasteiger partial charge is 0.332 e. The number of hydrogen-bond donors (Lipinski definition) is 0. The van der Waals surface area contributed by atoms with Gasteiger partial charge in [0.2, 0.25) is 0 Å². The molecule has 0 aliphatic heterocycles. The van der Waals surface area contributed by atoms with Crippen molar-refractivity contribution in [1.29, 1.82) is 0 Å². The SMILES string of the molecule is CCN(CC)C(=O)S(=O)CC[S@@](=O)C(=O)N(CC)CC. The zero-order valence-electron chi connectivity index (χ0n) is 12.6. The maximum atomic E-state index is 11.8. The van der Waals surface area contributed by atoms with Crippen LogP contribution in [0.5, 0.6) is 0 Å². The molecule has 0 fully saturated rings. The van der Waals surface area contributed by atoms with Gasteiger partial charge < -0.3 is 9.80 Å². The molecular formula is C12H24N2O4S2. The summed E-state index contributed by atoms with van der Waals surface area (Å²) in [6.45, 7) is 9.18. The van der Waals surface area contributed by atoms with Gasteiger partial charge in [0.25, 0.3) is 0 Å². The van der Waals surface area contributed by atoms with E-state index in [0.29, 0.717) is 26.2 Å². The third kappa shape index (κ3) is 5.70. The number of amides is 2. The molecule has 0 aliphatic carbocycles. The molecule has 0 aromatic carbocycles. The summed E-state index contributed by atoms with van der Waals surface area (Å²) in [4.78, 5) is 26.5.